The van der Waals surface area contributed by atoms with Gasteiger partial charge in [0.25, 0.3) is 0 Å². The fraction of sp³-hybridized carbons (Fsp3) is 0. The van der Waals surface area contributed by atoms with Gasteiger partial charge in [0.2, 0.25) is 0 Å². The van der Waals surface area contributed by atoms with Crippen LogP contribution >= 0.6 is 46.4 Å². The molecule has 2 nitrogen and oxygen atoms in total. The molecule has 2 rings (SSSR count). The van der Waals surface area contributed by atoms with Gasteiger partial charge < -0.3 is 0 Å². The molecule has 0 unspecified atom stereocenters. The molecular formula is C13H7Cl4FN2. The van der Waals surface area contributed by atoms with Crippen LogP contribution in [0.4, 0.5) is 10.1 Å². The minimum atomic E-state index is -0.476. The predicted molar refractivity (Wildman–Crippen MR) is 84.1 cm³/mol. The number of hydrogen-bond acceptors (Lipinski definition) is 2. The van der Waals surface area contributed by atoms with Gasteiger partial charge in [0.15, 0.2) is 0 Å². The summed E-state index contributed by atoms with van der Waals surface area (Å²) < 4.78 is 13.5. The van der Waals surface area contributed by atoms with Gasteiger partial charge in [-0.3, -0.25) is 5.43 Å². The Labute approximate surface area is 135 Å². The maximum Gasteiger partial charge on any atom is 0.133 e. The molecule has 2 aromatic carbocycles. The molecule has 0 aliphatic heterocycles. The Morgan fingerprint density at radius 2 is 1.65 bits per heavy atom. The zero-order valence-electron chi connectivity index (χ0n) is 9.80. The molecule has 20 heavy (non-hydrogen) atoms. The minimum Gasteiger partial charge on any atom is -0.275 e. The van der Waals surface area contributed by atoms with Crippen LogP contribution in [-0.4, -0.2) is 6.21 Å². The van der Waals surface area contributed by atoms with E-state index in [1.165, 1.54) is 30.5 Å². The Balaban J connectivity index is 2.23. The summed E-state index contributed by atoms with van der Waals surface area (Å²) in [6, 6.07) is 7.39. The fourth-order valence-corrected chi connectivity index (χ4v) is 2.56. The topological polar surface area (TPSA) is 24.4 Å². The first-order valence-corrected chi connectivity index (χ1v) is 6.88. The van der Waals surface area contributed by atoms with Crippen molar-refractivity contribution in [2.45, 2.75) is 0 Å². The van der Waals surface area contributed by atoms with Gasteiger partial charge in [0, 0.05) is 10.6 Å². The molecule has 0 saturated carbocycles. The van der Waals surface area contributed by atoms with E-state index in [0.717, 1.165) is 0 Å². The summed E-state index contributed by atoms with van der Waals surface area (Å²) in [4.78, 5) is 0. The summed E-state index contributed by atoms with van der Waals surface area (Å²) >= 11 is 23.6. The number of benzene rings is 2. The largest absolute Gasteiger partial charge is 0.275 e. The zero-order chi connectivity index (χ0) is 14.7. The number of hydrazone groups is 1. The molecule has 0 heterocycles. The van der Waals surface area contributed by atoms with Crippen LogP contribution in [0.1, 0.15) is 5.56 Å². The highest BCUT2D eigenvalue weighted by atomic mass is 35.5. The first-order valence-electron chi connectivity index (χ1n) is 5.36. The Bertz CT molecular complexity index is 630. The third kappa shape index (κ3) is 3.55. The number of halogens is 5. The van der Waals surface area contributed by atoms with Gasteiger partial charge in [-0.05, 0) is 24.3 Å². The lowest BCUT2D eigenvalue weighted by Crippen LogP contribution is -1.95. The number of hydrogen-bond donors (Lipinski definition) is 1. The number of anilines is 1. The average molecular weight is 352 g/mol. The van der Waals surface area contributed by atoms with Crippen LogP contribution in [0.5, 0.6) is 0 Å². The fourth-order valence-electron chi connectivity index (χ4n) is 1.44. The lowest BCUT2D eigenvalue weighted by Gasteiger charge is -2.06. The molecule has 0 spiro atoms. The summed E-state index contributed by atoms with van der Waals surface area (Å²) in [6.07, 6.45) is 1.25. The normalized spacial score (nSPS) is 11.1. The number of nitrogens with zero attached hydrogens (tertiary/aromatic N) is 1. The first kappa shape index (κ1) is 15.4. The van der Waals surface area contributed by atoms with E-state index < -0.39 is 5.82 Å². The highest BCUT2D eigenvalue weighted by Gasteiger charge is 2.07. The summed E-state index contributed by atoms with van der Waals surface area (Å²) in [7, 11) is 0. The third-order valence-electron chi connectivity index (χ3n) is 2.38. The molecule has 0 aromatic heterocycles. The molecule has 0 fully saturated rings. The molecule has 0 radical (unpaired) electrons. The third-order valence-corrected chi connectivity index (χ3v) is 3.52. The van der Waals surface area contributed by atoms with Gasteiger partial charge in [-0.25, -0.2) is 4.39 Å². The van der Waals surface area contributed by atoms with Crippen LogP contribution in [0.2, 0.25) is 20.1 Å². The van der Waals surface area contributed by atoms with Crippen molar-refractivity contribution in [3.63, 3.8) is 0 Å². The highest BCUT2D eigenvalue weighted by Crippen LogP contribution is 2.33. The van der Waals surface area contributed by atoms with E-state index >= 15 is 0 Å². The van der Waals surface area contributed by atoms with E-state index in [0.29, 0.717) is 20.8 Å². The Hall–Kier alpha value is -1.000. The molecular weight excluding hydrogens is 345 g/mol. The van der Waals surface area contributed by atoms with Crippen LogP contribution in [0.3, 0.4) is 0 Å². The van der Waals surface area contributed by atoms with Crippen molar-refractivity contribution >= 4 is 58.3 Å². The van der Waals surface area contributed by atoms with Crippen LogP contribution < -0.4 is 5.43 Å². The van der Waals surface area contributed by atoms with Crippen molar-refractivity contribution in [3.05, 3.63) is 61.8 Å². The van der Waals surface area contributed by atoms with Crippen molar-refractivity contribution in [3.8, 4) is 0 Å². The van der Waals surface area contributed by atoms with E-state index in [1.54, 1.807) is 6.07 Å². The van der Waals surface area contributed by atoms with Crippen molar-refractivity contribution < 1.29 is 4.39 Å². The van der Waals surface area contributed by atoms with Crippen LogP contribution in [-0.2, 0) is 0 Å². The Morgan fingerprint density at radius 3 is 2.25 bits per heavy atom. The summed E-state index contributed by atoms with van der Waals surface area (Å²) in [5.41, 5.74) is 3.18. The van der Waals surface area contributed by atoms with Crippen LogP contribution in [0, 0.1) is 5.82 Å². The standard InChI is InChI=1S/C13H7Cl4FN2/c14-7-4-10(16)13(11(17)5-7)20-19-6-8-9(15)2-1-3-12(8)18/h1-6,20H/b19-6+. The number of nitrogens with one attached hydrogen (secondary N) is 1. The van der Waals surface area contributed by atoms with Gasteiger partial charge in [0.05, 0.1) is 27.0 Å². The van der Waals surface area contributed by atoms with Crippen LogP contribution in [0.25, 0.3) is 0 Å². The van der Waals surface area contributed by atoms with E-state index in [4.69, 9.17) is 46.4 Å². The first-order chi connectivity index (χ1) is 9.49. The molecule has 1 N–H and O–H groups in total. The summed E-state index contributed by atoms with van der Waals surface area (Å²) in [5, 5.41) is 5.15. The van der Waals surface area contributed by atoms with Crippen LogP contribution in [0.15, 0.2) is 35.4 Å². The SMILES string of the molecule is Fc1cccc(Cl)c1/C=N/Nc1c(Cl)cc(Cl)cc1Cl. The molecule has 0 bridgehead atoms. The molecule has 2 aromatic rings. The van der Waals surface area contributed by atoms with Gasteiger partial charge >= 0.3 is 0 Å². The number of rotatable bonds is 3. The van der Waals surface area contributed by atoms with E-state index in [9.17, 15) is 4.39 Å². The summed E-state index contributed by atoms with van der Waals surface area (Å²) in [6.45, 7) is 0. The van der Waals surface area contributed by atoms with Gasteiger partial charge in [0.1, 0.15) is 5.82 Å². The monoisotopic (exact) mass is 350 g/mol. The van der Waals surface area contributed by atoms with E-state index in [1.807, 2.05) is 0 Å². The van der Waals surface area contributed by atoms with E-state index in [2.05, 4.69) is 10.5 Å². The molecule has 104 valence electrons. The van der Waals surface area contributed by atoms with Crippen molar-refractivity contribution in [2.24, 2.45) is 5.10 Å². The molecule has 0 amide bonds. The highest BCUT2D eigenvalue weighted by molar-refractivity contribution is 6.41. The average Bonchev–Trinajstić information content (AvgIpc) is 2.35. The van der Waals surface area contributed by atoms with Gasteiger partial charge in [-0.2, -0.15) is 5.10 Å². The second-order valence-electron chi connectivity index (χ2n) is 3.75. The quantitative estimate of drug-likeness (QED) is 0.541. The maximum absolute atomic E-state index is 13.5. The van der Waals surface area contributed by atoms with E-state index in [-0.39, 0.29) is 10.6 Å². The molecule has 7 heteroatoms. The molecule has 0 aliphatic carbocycles. The smallest absolute Gasteiger partial charge is 0.133 e. The lowest BCUT2D eigenvalue weighted by molar-refractivity contribution is 0.626. The zero-order valence-corrected chi connectivity index (χ0v) is 12.8. The van der Waals surface area contributed by atoms with Crippen molar-refractivity contribution in [1.29, 1.82) is 0 Å². The molecule has 0 atom stereocenters. The molecule has 0 aliphatic rings. The Kier molecular flexibility index (Phi) is 5.11. The minimum absolute atomic E-state index is 0.169. The van der Waals surface area contributed by atoms with Crippen molar-refractivity contribution in [2.75, 3.05) is 5.43 Å². The predicted octanol–water partition coefficient (Wildman–Crippen LogP) is 5.89. The van der Waals surface area contributed by atoms with Gasteiger partial charge in [-0.1, -0.05) is 52.5 Å². The second-order valence-corrected chi connectivity index (χ2v) is 5.41. The maximum atomic E-state index is 13.5. The van der Waals surface area contributed by atoms with Crippen molar-refractivity contribution in [1.82, 2.24) is 0 Å². The second kappa shape index (κ2) is 6.64. The molecule has 0 saturated heterocycles. The lowest BCUT2D eigenvalue weighted by atomic mass is 10.2. The summed E-state index contributed by atoms with van der Waals surface area (Å²) in [5.74, 6) is -0.476. The van der Waals surface area contributed by atoms with Gasteiger partial charge in [-0.15, -0.1) is 0 Å². The Morgan fingerprint density at radius 1 is 1.00 bits per heavy atom.